The predicted molar refractivity (Wildman–Crippen MR) is 184 cm³/mol. The Morgan fingerprint density at radius 1 is 0.698 bits per heavy atom. The van der Waals surface area contributed by atoms with Crippen molar-refractivity contribution in [3.05, 3.63) is 57.3 Å². The molecule has 0 aliphatic heterocycles. The molecule has 0 unspecified atom stereocenters. The summed E-state index contributed by atoms with van der Waals surface area (Å²) in [5, 5.41) is 60.3. The quantitative estimate of drug-likeness (QED) is 0.129. The van der Waals surface area contributed by atoms with Crippen LogP contribution >= 0.6 is 0 Å². The van der Waals surface area contributed by atoms with Gasteiger partial charge in [-0.3, -0.25) is 35.5 Å². The predicted octanol–water partition coefficient (Wildman–Crippen LogP) is 6.59. The van der Waals surface area contributed by atoms with Crippen LogP contribution in [0.5, 0.6) is 0 Å². The molecule has 6 aromatic rings. The fourth-order valence-corrected chi connectivity index (χ4v) is 4.73. The summed E-state index contributed by atoms with van der Waals surface area (Å²) in [5.74, 6) is 1.51. The van der Waals surface area contributed by atoms with Crippen LogP contribution in [0.4, 0.5) is 34.9 Å². The van der Waals surface area contributed by atoms with E-state index in [-0.39, 0.29) is 74.4 Å². The summed E-state index contributed by atoms with van der Waals surface area (Å²) in [7, 11) is 0. The normalized spacial score (nSPS) is 11.9. The van der Waals surface area contributed by atoms with E-state index >= 15 is 0 Å². The van der Waals surface area contributed by atoms with Crippen LogP contribution in [-0.4, -0.2) is 39.4 Å². The molecule has 20 nitrogen and oxygen atoms in total. The van der Waals surface area contributed by atoms with Crippen molar-refractivity contribution >= 4 is 46.2 Å². The van der Waals surface area contributed by atoms with Crippen molar-refractivity contribution < 1.29 is 16.8 Å². The molecule has 0 aliphatic carbocycles. The first kappa shape index (κ1) is 39.2. The van der Waals surface area contributed by atoms with E-state index in [4.69, 9.17) is 23.7 Å². The fourth-order valence-electron chi connectivity index (χ4n) is 4.73. The van der Waals surface area contributed by atoms with Crippen LogP contribution in [0.3, 0.4) is 0 Å². The first-order valence-corrected chi connectivity index (χ1v) is 15.8. The number of hydrogen-bond donors (Lipinski definition) is 0. The van der Waals surface area contributed by atoms with Crippen LogP contribution in [0, 0.1) is 35.8 Å². The van der Waals surface area contributed by atoms with Gasteiger partial charge in [-0.05, 0) is 11.8 Å². The summed E-state index contributed by atoms with van der Waals surface area (Å²) in [6, 6.07) is 3.61. The zero-order valence-corrected chi connectivity index (χ0v) is 31.5. The summed E-state index contributed by atoms with van der Waals surface area (Å²) < 4.78 is 3.35. The zero-order valence-electron chi connectivity index (χ0n) is 30.4. The molecule has 0 spiro atoms. The molecule has 6 rings (SSSR count). The smallest absolute Gasteiger partial charge is 0.237 e. The SMILES string of the molecule is CC(C)c1n[n-]c2c(N=Nc3nc(C#N)c(C#N)[n-]3)c(C(C)(C)C)nn12.[C-]#[N+]c1nc(N=Nc2c(C(C)(C)C)nn3c(C(C)C)n[n-]c23)[n-]c1[N+]#[C-].[Co]. The molecule has 0 bridgehead atoms. The van der Waals surface area contributed by atoms with E-state index in [2.05, 4.69) is 80.7 Å². The standard InChI is InChI=1S/2C16H16N10.Co/c1-8(2)13-22-23-14-9(10(16(3,4)5)25-26(13)14)21-24-15-19-11(17-6)12(18-7)20-15;1-8(2)13-22-23-14-11(12(16(3,4)5)25-26(13)14)21-24-15-19-9(6-17)10(7-18)20-15;/h2*8H,1-5H3;/q2*-2;. The van der Waals surface area contributed by atoms with Gasteiger partial charge in [0.2, 0.25) is 5.95 Å². The van der Waals surface area contributed by atoms with Crippen molar-refractivity contribution in [3.8, 4) is 12.1 Å². The van der Waals surface area contributed by atoms with Crippen molar-refractivity contribution in [2.45, 2.75) is 91.9 Å². The van der Waals surface area contributed by atoms with Crippen molar-refractivity contribution in [1.82, 2.24) is 59.6 Å². The minimum absolute atomic E-state index is 0. The topological polar surface area (TPSA) is 248 Å². The third kappa shape index (κ3) is 7.72. The Morgan fingerprint density at radius 2 is 1.17 bits per heavy atom. The molecule has 6 aromatic heterocycles. The number of azo groups is 2. The number of imidazole rings is 2. The van der Waals surface area contributed by atoms with Crippen LogP contribution in [0.1, 0.15) is 115 Å². The molecular formula is C32H32CoN20-4. The van der Waals surface area contributed by atoms with Gasteiger partial charge in [0.05, 0.1) is 34.3 Å². The average molecular weight is 756 g/mol. The Labute approximate surface area is 314 Å². The molecule has 1 radical (unpaired) electrons. The second-order valence-electron chi connectivity index (χ2n) is 14.0. The molecule has 273 valence electrons. The van der Waals surface area contributed by atoms with Crippen LogP contribution in [0.15, 0.2) is 20.5 Å². The van der Waals surface area contributed by atoms with Gasteiger partial charge in [-0.2, -0.15) is 10.5 Å². The molecule has 0 saturated heterocycles. The van der Waals surface area contributed by atoms with E-state index in [1.165, 1.54) is 0 Å². The van der Waals surface area contributed by atoms with Gasteiger partial charge in [-0.25, -0.2) is 11.7 Å². The minimum atomic E-state index is -0.300. The van der Waals surface area contributed by atoms with Gasteiger partial charge in [-0.15, -0.1) is 10.2 Å². The third-order valence-corrected chi connectivity index (χ3v) is 7.22. The maximum absolute atomic E-state index is 8.95. The summed E-state index contributed by atoms with van der Waals surface area (Å²) in [6.07, 6.45) is 0. The summed E-state index contributed by atoms with van der Waals surface area (Å²) in [6.45, 7) is 34.2. The van der Waals surface area contributed by atoms with E-state index in [0.29, 0.717) is 28.4 Å². The number of nitriles is 2. The molecule has 53 heavy (non-hydrogen) atoms. The zero-order chi connectivity index (χ0) is 38.1. The van der Waals surface area contributed by atoms with Gasteiger partial charge in [0, 0.05) is 56.5 Å². The molecule has 21 heteroatoms. The molecule has 6 heterocycles. The number of fused-ring (bicyclic) bond motifs is 2. The van der Waals surface area contributed by atoms with Gasteiger partial charge in [-0.1, -0.05) is 75.8 Å². The van der Waals surface area contributed by atoms with Crippen LogP contribution in [-0.2, 0) is 27.6 Å². The van der Waals surface area contributed by atoms with E-state index in [0.717, 1.165) is 17.3 Å². The summed E-state index contributed by atoms with van der Waals surface area (Å²) in [5.41, 5.74) is 2.64. The van der Waals surface area contributed by atoms with Crippen molar-refractivity contribution in [2.24, 2.45) is 20.5 Å². The van der Waals surface area contributed by atoms with E-state index < -0.39 is 0 Å². The largest absolute Gasteiger partial charge is 0.562 e. The third-order valence-electron chi connectivity index (χ3n) is 7.22. The first-order chi connectivity index (χ1) is 24.5. The Kier molecular flexibility index (Phi) is 11.1. The Balaban J connectivity index is 0.000000232. The Bertz CT molecular complexity index is 2260. The van der Waals surface area contributed by atoms with Gasteiger partial charge < -0.3 is 38.9 Å². The summed E-state index contributed by atoms with van der Waals surface area (Å²) in [4.78, 5) is 21.9. The van der Waals surface area contributed by atoms with Gasteiger partial charge in [0.15, 0.2) is 0 Å². The second kappa shape index (κ2) is 15.0. The number of rotatable bonds is 6. The molecule has 0 aliphatic rings. The molecule has 0 aromatic carbocycles. The van der Waals surface area contributed by atoms with E-state index in [1.54, 1.807) is 21.2 Å². The molecule has 0 atom stereocenters. The van der Waals surface area contributed by atoms with Gasteiger partial charge in [0.25, 0.3) is 0 Å². The number of aromatic nitrogens is 12. The number of nitrogens with zero attached hydrogens (tertiary/aromatic N) is 20. The van der Waals surface area contributed by atoms with Crippen molar-refractivity contribution in [2.75, 3.05) is 0 Å². The first-order valence-electron chi connectivity index (χ1n) is 15.8. The maximum Gasteiger partial charge on any atom is 0.237 e. The van der Waals surface area contributed by atoms with E-state index in [9.17, 15) is 0 Å². The molecule has 0 amide bonds. The van der Waals surface area contributed by atoms with Crippen LogP contribution in [0.2, 0.25) is 0 Å². The van der Waals surface area contributed by atoms with Gasteiger partial charge in [0.1, 0.15) is 23.6 Å². The molecule has 0 N–H and O–H groups in total. The minimum Gasteiger partial charge on any atom is -0.562 e. The second-order valence-corrected chi connectivity index (χ2v) is 14.0. The molecule has 0 saturated carbocycles. The molecular weight excluding hydrogens is 723 g/mol. The molecule has 0 fully saturated rings. The van der Waals surface area contributed by atoms with Crippen molar-refractivity contribution in [1.29, 1.82) is 10.5 Å². The van der Waals surface area contributed by atoms with Crippen LogP contribution < -0.4 is 20.2 Å². The van der Waals surface area contributed by atoms with E-state index in [1.807, 2.05) is 69.2 Å². The Hall–Kier alpha value is -6.55. The van der Waals surface area contributed by atoms with Crippen LogP contribution in [0.25, 0.3) is 21.0 Å². The number of hydrogen-bond acceptors (Lipinski definition) is 12. The monoisotopic (exact) mass is 755 g/mol. The fraction of sp³-hybridized carbons (Fsp3) is 0.438. The average Bonchev–Trinajstić information content (AvgIpc) is 3.91. The Morgan fingerprint density at radius 3 is 1.51 bits per heavy atom. The summed E-state index contributed by atoms with van der Waals surface area (Å²) >= 11 is 0. The van der Waals surface area contributed by atoms with Crippen molar-refractivity contribution in [3.63, 3.8) is 0 Å². The maximum atomic E-state index is 8.95. The van der Waals surface area contributed by atoms with Gasteiger partial charge >= 0.3 is 0 Å².